The van der Waals surface area contributed by atoms with Crippen molar-refractivity contribution >= 4 is 17.5 Å². The fraction of sp³-hybridized carbons (Fsp3) is 0.667. The molecule has 0 rings (SSSR count). The molecule has 0 aliphatic heterocycles. The lowest BCUT2D eigenvalue weighted by atomic mass is 10.3. The van der Waals surface area contributed by atoms with E-state index >= 15 is 0 Å². The van der Waals surface area contributed by atoms with Crippen LogP contribution in [0.1, 0.15) is 19.8 Å². The van der Waals surface area contributed by atoms with Crippen LogP contribution in [-0.2, 0) is 4.79 Å². The highest BCUT2D eigenvalue weighted by atomic mass is 35.5. The molecule has 2 N–H and O–H groups in total. The normalized spacial score (nSPS) is 9.69. The Morgan fingerprint density at radius 3 is 2.69 bits per heavy atom. The van der Waals surface area contributed by atoms with Gasteiger partial charge in [0.2, 0.25) is 5.91 Å². The molecule has 0 spiro atoms. The van der Waals surface area contributed by atoms with E-state index in [-0.39, 0.29) is 5.91 Å². The Kier molecular flexibility index (Phi) is 7.74. The van der Waals surface area contributed by atoms with Crippen molar-refractivity contribution in [3.8, 4) is 0 Å². The summed E-state index contributed by atoms with van der Waals surface area (Å²) >= 11 is 5.50. The van der Waals surface area contributed by atoms with Gasteiger partial charge in [-0.05, 0) is 6.42 Å². The quantitative estimate of drug-likeness (QED) is 0.613. The van der Waals surface area contributed by atoms with E-state index in [1.807, 2.05) is 0 Å². The summed E-state index contributed by atoms with van der Waals surface area (Å²) < 4.78 is 0. The van der Waals surface area contributed by atoms with Crippen molar-refractivity contribution in [2.45, 2.75) is 19.8 Å². The summed E-state index contributed by atoms with van der Waals surface area (Å²) in [6, 6.07) is 0. The van der Waals surface area contributed by atoms with Gasteiger partial charge in [0, 0.05) is 18.1 Å². The average Bonchev–Trinajstić information content (AvgIpc) is 2.04. The van der Waals surface area contributed by atoms with Gasteiger partial charge < -0.3 is 10.6 Å². The molecule has 76 valence electrons. The van der Waals surface area contributed by atoms with Crippen LogP contribution < -0.4 is 10.6 Å². The molecule has 4 heteroatoms. The molecular weight excluding hydrogens is 188 g/mol. The SMILES string of the molecule is C=C(Cl)CNCC(=O)NCCCC. The van der Waals surface area contributed by atoms with Crippen molar-refractivity contribution in [1.82, 2.24) is 10.6 Å². The van der Waals surface area contributed by atoms with Gasteiger partial charge in [-0.15, -0.1) is 0 Å². The van der Waals surface area contributed by atoms with Gasteiger partial charge in [0.25, 0.3) is 0 Å². The molecule has 0 atom stereocenters. The molecule has 0 aliphatic rings. The van der Waals surface area contributed by atoms with E-state index in [0.29, 0.717) is 18.1 Å². The number of nitrogens with one attached hydrogen (secondary N) is 2. The standard InChI is InChI=1S/C9H17ClN2O/c1-3-4-5-12-9(13)7-11-6-8(2)10/h11H,2-7H2,1H3,(H,12,13). The second-order valence-electron chi connectivity index (χ2n) is 2.82. The number of unbranched alkanes of at least 4 members (excludes halogenated alkanes) is 1. The monoisotopic (exact) mass is 204 g/mol. The third-order valence-electron chi connectivity index (χ3n) is 1.45. The van der Waals surface area contributed by atoms with E-state index in [4.69, 9.17) is 11.6 Å². The number of hydrogen-bond donors (Lipinski definition) is 2. The van der Waals surface area contributed by atoms with E-state index < -0.39 is 0 Å². The summed E-state index contributed by atoms with van der Waals surface area (Å²) in [6.07, 6.45) is 2.11. The first-order chi connectivity index (χ1) is 6.16. The maximum atomic E-state index is 11.1. The zero-order valence-electron chi connectivity index (χ0n) is 8.03. The summed E-state index contributed by atoms with van der Waals surface area (Å²) in [6.45, 7) is 7.11. The van der Waals surface area contributed by atoms with Gasteiger partial charge in [-0.25, -0.2) is 0 Å². The first-order valence-corrected chi connectivity index (χ1v) is 4.85. The number of halogens is 1. The molecule has 1 amide bonds. The predicted molar refractivity (Wildman–Crippen MR) is 55.8 cm³/mol. The highest BCUT2D eigenvalue weighted by Crippen LogP contribution is 1.91. The van der Waals surface area contributed by atoms with Crippen molar-refractivity contribution in [2.24, 2.45) is 0 Å². The number of amides is 1. The van der Waals surface area contributed by atoms with Crippen molar-refractivity contribution in [3.05, 3.63) is 11.6 Å². The van der Waals surface area contributed by atoms with Gasteiger partial charge in [-0.1, -0.05) is 31.5 Å². The summed E-state index contributed by atoms with van der Waals surface area (Å²) in [5.41, 5.74) is 0. The zero-order chi connectivity index (χ0) is 10.1. The highest BCUT2D eigenvalue weighted by Gasteiger charge is 1.98. The maximum absolute atomic E-state index is 11.1. The number of rotatable bonds is 7. The molecule has 0 saturated carbocycles. The Hall–Kier alpha value is -0.540. The van der Waals surface area contributed by atoms with Crippen molar-refractivity contribution in [2.75, 3.05) is 19.6 Å². The fourth-order valence-electron chi connectivity index (χ4n) is 0.779. The van der Waals surface area contributed by atoms with E-state index in [9.17, 15) is 4.79 Å². The molecule has 13 heavy (non-hydrogen) atoms. The Morgan fingerprint density at radius 2 is 2.15 bits per heavy atom. The molecule has 0 fully saturated rings. The molecule has 0 aliphatic carbocycles. The second kappa shape index (κ2) is 8.08. The lowest BCUT2D eigenvalue weighted by molar-refractivity contribution is -0.120. The van der Waals surface area contributed by atoms with Crippen molar-refractivity contribution in [3.63, 3.8) is 0 Å². The van der Waals surface area contributed by atoms with Crippen molar-refractivity contribution in [1.29, 1.82) is 0 Å². The summed E-state index contributed by atoms with van der Waals surface area (Å²) in [5.74, 6) is 0.00590. The molecule has 0 saturated heterocycles. The van der Waals surface area contributed by atoms with Gasteiger partial charge in [0.15, 0.2) is 0 Å². The first-order valence-electron chi connectivity index (χ1n) is 4.47. The van der Waals surface area contributed by atoms with Gasteiger partial charge in [0.05, 0.1) is 6.54 Å². The summed E-state index contributed by atoms with van der Waals surface area (Å²) in [5, 5.41) is 6.17. The largest absolute Gasteiger partial charge is 0.355 e. The number of hydrogen-bond acceptors (Lipinski definition) is 2. The minimum atomic E-state index is 0.00590. The molecular formula is C9H17ClN2O. The molecule has 0 radical (unpaired) electrons. The Balaban J connectivity index is 3.25. The van der Waals surface area contributed by atoms with Gasteiger partial charge in [-0.3, -0.25) is 4.79 Å². The van der Waals surface area contributed by atoms with Gasteiger partial charge in [-0.2, -0.15) is 0 Å². The Bertz CT molecular complexity index is 171. The molecule has 0 aromatic rings. The van der Waals surface area contributed by atoms with Crippen LogP contribution in [0.25, 0.3) is 0 Å². The molecule has 0 aromatic carbocycles. The predicted octanol–water partition coefficient (Wildman–Crippen LogP) is 1.24. The van der Waals surface area contributed by atoms with Crippen LogP contribution in [-0.4, -0.2) is 25.5 Å². The van der Waals surface area contributed by atoms with Gasteiger partial charge in [0.1, 0.15) is 0 Å². The molecule has 0 aromatic heterocycles. The highest BCUT2D eigenvalue weighted by molar-refractivity contribution is 6.29. The lowest BCUT2D eigenvalue weighted by Crippen LogP contribution is -2.34. The number of carbonyl (C=O) groups excluding carboxylic acids is 1. The van der Waals surface area contributed by atoms with Crippen LogP contribution >= 0.6 is 11.6 Å². The average molecular weight is 205 g/mol. The van der Waals surface area contributed by atoms with E-state index in [0.717, 1.165) is 19.4 Å². The van der Waals surface area contributed by atoms with Crippen LogP contribution in [0.5, 0.6) is 0 Å². The van der Waals surface area contributed by atoms with E-state index in [2.05, 4.69) is 24.1 Å². The summed E-state index contributed by atoms with van der Waals surface area (Å²) in [7, 11) is 0. The van der Waals surface area contributed by atoms with E-state index in [1.165, 1.54) is 0 Å². The van der Waals surface area contributed by atoms with Crippen LogP contribution in [0.15, 0.2) is 11.6 Å². The number of carbonyl (C=O) groups is 1. The Morgan fingerprint density at radius 1 is 1.46 bits per heavy atom. The Labute approximate surface area is 84.5 Å². The molecule has 0 heterocycles. The van der Waals surface area contributed by atoms with Gasteiger partial charge >= 0.3 is 0 Å². The minimum Gasteiger partial charge on any atom is -0.355 e. The third-order valence-corrected chi connectivity index (χ3v) is 1.59. The molecule has 0 unspecified atom stereocenters. The van der Waals surface area contributed by atoms with Crippen LogP contribution in [0.4, 0.5) is 0 Å². The smallest absolute Gasteiger partial charge is 0.233 e. The minimum absolute atomic E-state index is 0.00590. The van der Waals surface area contributed by atoms with Crippen molar-refractivity contribution < 1.29 is 4.79 Å². The maximum Gasteiger partial charge on any atom is 0.233 e. The topological polar surface area (TPSA) is 41.1 Å². The molecule has 0 bridgehead atoms. The molecule has 3 nitrogen and oxygen atoms in total. The van der Waals surface area contributed by atoms with Crippen LogP contribution in [0.2, 0.25) is 0 Å². The first kappa shape index (κ1) is 12.5. The second-order valence-corrected chi connectivity index (χ2v) is 3.36. The van der Waals surface area contributed by atoms with Crippen LogP contribution in [0, 0.1) is 0 Å². The van der Waals surface area contributed by atoms with Crippen LogP contribution in [0.3, 0.4) is 0 Å². The zero-order valence-corrected chi connectivity index (χ0v) is 8.78. The lowest BCUT2D eigenvalue weighted by Gasteiger charge is -2.04. The summed E-state index contributed by atoms with van der Waals surface area (Å²) in [4.78, 5) is 11.1. The van der Waals surface area contributed by atoms with E-state index in [1.54, 1.807) is 0 Å². The third kappa shape index (κ3) is 9.37. The fourth-order valence-corrected chi connectivity index (χ4v) is 0.873.